The van der Waals surface area contributed by atoms with Gasteiger partial charge in [-0.05, 0) is 91.8 Å². The molecule has 0 saturated heterocycles. The molecule has 41 heavy (non-hydrogen) atoms. The highest BCUT2D eigenvalue weighted by atomic mass is 32.2. The molecule has 0 heterocycles. The van der Waals surface area contributed by atoms with Crippen LogP contribution in [0.25, 0.3) is 0 Å². The first-order valence-corrected chi connectivity index (χ1v) is 18.4. The Morgan fingerprint density at radius 1 is 0.561 bits per heavy atom. The van der Waals surface area contributed by atoms with Crippen molar-refractivity contribution < 1.29 is 13.0 Å². The molecule has 4 aromatic rings. The number of hydrogen-bond acceptors (Lipinski definition) is 3. The summed E-state index contributed by atoms with van der Waals surface area (Å²) in [6, 6.07) is 38.5. The fourth-order valence-corrected chi connectivity index (χ4v) is 10.3. The molecular weight excluding hydrogens is 543 g/mol. The van der Waals surface area contributed by atoms with Crippen molar-refractivity contribution in [3.63, 3.8) is 0 Å². The average molecular weight is 589 g/mol. The zero-order valence-corrected chi connectivity index (χ0v) is 26.5. The Kier molecular flexibility index (Phi) is 13.3. The second kappa shape index (κ2) is 16.6. The maximum absolute atomic E-state index is 11.1. The first-order chi connectivity index (χ1) is 19.8. The lowest BCUT2D eigenvalue weighted by molar-refractivity contribution is 0.462. The van der Waals surface area contributed by atoms with Crippen LogP contribution in [-0.2, 0) is 23.0 Å². The van der Waals surface area contributed by atoms with E-state index in [0.717, 1.165) is 49.7 Å². The maximum atomic E-state index is 11.1. The summed E-state index contributed by atoms with van der Waals surface area (Å²) < 4.78 is 33.4. The quantitative estimate of drug-likeness (QED) is 0.117. The third kappa shape index (κ3) is 9.36. The van der Waals surface area contributed by atoms with Crippen LogP contribution in [0.3, 0.4) is 0 Å². The van der Waals surface area contributed by atoms with Crippen LogP contribution >= 0.6 is 7.26 Å². The third-order valence-corrected chi connectivity index (χ3v) is 12.7. The minimum Gasteiger partial charge on any atom is -0.744 e. The molecule has 0 fully saturated rings. The molecular formula is C36H45O3PS. The van der Waals surface area contributed by atoms with E-state index in [1.807, 2.05) is 6.07 Å². The van der Waals surface area contributed by atoms with Crippen molar-refractivity contribution >= 4 is 33.3 Å². The van der Waals surface area contributed by atoms with Gasteiger partial charge in [0.25, 0.3) is 0 Å². The lowest BCUT2D eigenvalue weighted by atomic mass is 10.0. The minimum absolute atomic E-state index is 0.0813. The molecule has 0 aliphatic rings. The second-order valence-corrected chi connectivity index (χ2v) is 15.5. The van der Waals surface area contributed by atoms with Crippen molar-refractivity contribution in [1.29, 1.82) is 0 Å². The van der Waals surface area contributed by atoms with Crippen LogP contribution in [0.4, 0.5) is 0 Å². The molecule has 0 unspecified atom stereocenters. The summed E-state index contributed by atoms with van der Waals surface area (Å²) in [5.74, 6) is 0. The van der Waals surface area contributed by atoms with Gasteiger partial charge in [0.05, 0.1) is 11.1 Å². The molecule has 0 bridgehead atoms. The van der Waals surface area contributed by atoms with Crippen molar-refractivity contribution in [2.45, 2.75) is 77.0 Å². The molecule has 4 aromatic carbocycles. The van der Waals surface area contributed by atoms with Gasteiger partial charge >= 0.3 is 0 Å². The Morgan fingerprint density at radius 3 is 1.24 bits per heavy atom. The van der Waals surface area contributed by atoms with E-state index < -0.39 is 17.4 Å². The van der Waals surface area contributed by atoms with E-state index in [1.165, 1.54) is 47.0 Å². The molecule has 0 amide bonds. The van der Waals surface area contributed by atoms with Crippen LogP contribution in [0.15, 0.2) is 114 Å². The highest BCUT2D eigenvalue weighted by molar-refractivity contribution is 7.95. The summed E-state index contributed by atoms with van der Waals surface area (Å²) in [6.07, 6.45) is 9.52. The molecule has 0 radical (unpaired) electrons. The van der Waals surface area contributed by atoms with Crippen LogP contribution in [0.5, 0.6) is 0 Å². The van der Waals surface area contributed by atoms with E-state index in [-0.39, 0.29) is 4.90 Å². The number of benzene rings is 4. The molecule has 0 spiro atoms. The lowest BCUT2D eigenvalue weighted by Gasteiger charge is -2.27. The van der Waals surface area contributed by atoms with E-state index in [1.54, 1.807) is 0 Å². The van der Waals surface area contributed by atoms with E-state index in [0.29, 0.717) is 0 Å². The molecule has 4 rings (SSSR count). The van der Waals surface area contributed by atoms with Crippen LogP contribution in [0.1, 0.15) is 70.4 Å². The Morgan fingerprint density at radius 2 is 0.927 bits per heavy atom. The summed E-state index contributed by atoms with van der Waals surface area (Å²) >= 11 is 0. The van der Waals surface area contributed by atoms with Crippen LogP contribution < -0.4 is 15.9 Å². The molecule has 3 nitrogen and oxygen atoms in total. The molecule has 0 aliphatic carbocycles. The van der Waals surface area contributed by atoms with Gasteiger partial charge in [0, 0.05) is 0 Å². The van der Waals surface area contributed by atoms with E-state index in [9.17, 15) is 13.0 Å². The zero-order chi connectivity index (χ0) is 29.6. The molecule has 0 saturated carbocycles. The number of unbranched alkanes of at least 4 members (excludes halogenated alkanes) is 3. The van der Waals surface area contributed by atoms with Crippen molar-refractivity contribution in [1.82, 2.24) is 0 Å². The van der Waals surface area contributed by atoms with Crippen molar-refractivity contribution in [2.24, 2.45) is 0 Å². The molecule has 0 aliphatic heterocycles. The smallest absolute Gasteiger partial charge is 0.124 e. The Balaban J connectivity index is 0.000000233. The van der Waals surface area contributed by atoms with Gasteiger partial charge < -0.3 is 4.55 Å². The molecule has 0 atom stereocenters. The number of aryl methyl sites for hydroxylation is 2. The highest BCUT2D eigenvalue weighted by Gasteiger charge is 2.44. The Bertz CT molecular complexity index is 1280. The molecule has 0 N–H and O–H groups in total. The summed E-state index contributed by atoms with van der Waals surface area (Å²) in [5, 5.41) is 4.47. The SMILES string of the molecule is CCCC[P+](c1ccccc1)(c1ccccc1)c1ccccc1.CCCCc1cc(CCCC)cc(S(=O)(=O)[O-])c1. The minimum atomic E-state index is -4.35. The number of rotatable bonds is 13. The summed E-state index contributed by atoms with van der Waals surface area (Å²) in [7, 11) is -5.92. The standard InChI is InChI=1S/C22H24P.C14H22O3S/c1-2-3-19-23(20-13-7-4-8-14-20,21-15-9-5-10-16-21)22-17-11-6-12-18-22;1-3-5-7-12-9-13(8-6-4-2)11-14(10-12)18(15,16)17/h4-18H,2-3,19H2,1H3;9-11H,3-8H2,1-2H3,(H,15,16,17)/q+1;/p-1. The van der Waals surface area contributed by atoms with Gasteiger partial charge in [0.2, 0.25) is 0 Å². The topological polar surface area (TPSA) is 57.2 Å². The Hall–Kier alpha value is -2.78. The lowest BCUT2D eigenvalue weighted by Crippen LogP contribution is -2.33. The highest BCUT2D eigenvalue weighted by Crippen LogP contribution is 2.55. The normalized spacial score (nSPS) is 11.5. The van der Waals surface area contributed by atoms with Crippen molar-refractivity contribution in [3.05, 3.63) is 120 Å². The predicted molar refractivity (Wildman–Crippen MR) is 177 cm³/mol. The average Bonchev–Trinajstić information content (AvgIpc) is 3.01. The van der Waals surface area contributed by atoms with Gasteiger partial charge in [-0.25, -0.2) is 8.42 Å². The Labute approximate surface area is 249 Å². The molecule has 0 aromatic heterocycles. The fourth-order valence-electron chi connectivity index (χ4n) is 5.20. The first-order valence-electron chi connectivity index (χ1n) is 15.0. The summed E-state index contributed by atoms with van der Waals surface area (Å²) in [6.45, 7) is 6.47. The summed E-state index contributed by atoms with van der Waals surface area (Å²) in [4.78, 5) is -0.0813. The van der Waals surface area contributed by atoms with Gasteiger partial charge in [-0.1, -0.05) is 101 Å². The second-order valence-electron chi connectivity index (χ2n) is 10.5. The van der Waals surface area contributed by atoms with Gasteiger partial charge in [0.15, 0.2) is 0 Å². The first kappa shape index (κ1) is 32.7. The van der Waals surface area contributed by atoms with Crippen LogP contribution in [0.2, 0.25) is 0 Å². The summed E-state index contributed by atoms with van der Waals surface area (Å²) in [5.41, 5.74) is 1.92. The molecule has 218 valence electrons. The van der Waals surface area contributed by atoms with Gasteiger partial charge in [-0.3, -0.25) is 0 Å². The van der Waals surface area contributed by atoms with Crippen molar-refractivity contribution in [2.75, 3.05) is 6.16 Å². The van der Waals surface area contributed by atoms with Gasteiger partial charge in [-0.2, -0.15) is 0 Å². The van der Waals surface area contributed by atoms with E-state index in [2.05, 4.69) is 112 Å². The predicted octanol–water partition coefficient (Wildman–Crippen LogP) is 8.06. The molecule has 5 heteroatoms. The van der Waals surface area contributed by atoms with Gasteiger partial charge in [-0.15, -0.1) is 0 Å². The third-order valence-electron chi connectivity index (χ3n) is 7.39. The van der Waals surface area contributed by atoms with Gasteiger partial charge in [0.1, 0.15) is 33.3 Å². The van der Waals surface area contributed by atoms with Crippen LogP contribution in [-0.4, -0.2) is 19.1 Å². The van der Waals surface area contributed by atoms with E-state index in [4.69, 9.17) is 0 Å². The zero-order valence-electron chi connectivity index (χ0n) is 24.8. The van der Waals surface area contributed by atoms with Crippen molar-refractivity contribution in [3.8, 4) is 0 Å². The monoisotopic (exact) mass is 588 g/mol. The fraction of sp³-hybridized carbons (Fsp3) is 0.333. The maximum Gasteiger partial charge on any atom is 0.124 e. The van der Waals surface area contributed by atoms with E-state index >= 15 is 0 Å². The number of hydrogen-bond donors (Lipinski definition) is 0. The largest absolute Gasteiger partial charge is 0.744 e. The van der Waals surface area contributed by atoms with Crippen LogP contribution in [0, 0.1) is 0 Å².